The predicted octanol–water partition coefficient (Wildman–Crippen LogP) is 1.40. The molecule has 6 nitrogen and oxygen atoms in total. The molecule has 2 heterocycles. The van der Waals surface area contributed by atoms with Crippen molar-refractivity contribution in [2.45, 2.75) is 37.0 Å². The van der Waals surface area contributed by atoms with Gasteiger partial charge in [0.25, 0.3) is 0 Å². The number of amides is 1. The van der Waals surface area contributed by atoms with Crippen molar-refractivity contribution in [2.75, 3.05) is 31.7 Å². The number of hydrogen-bond acceptors (Lipinski definition) is 4. The highest BCUT2D eigenvalue weighted by atomic mass is 32.2. The van der Waals surface area contributed by atoms with Crippen LogP contribution in [0, 0.1) is 0 Å². The van der Waals surface area contributed by atoms with Crippen LogP contribution in [0.15, 0.2) is 17.0 Å². The molecule has 0 saturated heterocycles. The minimum absolute atomic E-state index is 0.0727. The van der Waals surface area contributed by atoms with Crippen LogP contribution in [0.4, 0.5) is 5.69 Å². The number of aryl methyl sites for hydroxylation is 1. The molecule has 7 heteroatoms. The average Bonchev–Trinajstić information content (AvgIpc) is 2.79. The molecule has 0 aliphatic carbocycles. The Morgan fingerprint density at radius 3 is 2.91 bits per heavy atom. The van der Waals surface area contributed by atoms with Gasteiger partial charge < -0.3 is 9.64 Å². The van der Waals surface area contributed by atoms with Crippen molar-refractivity contribution in [1.82, 2.24) is 4.72 Å². The molecule has 0 spiro atoms. The molecule has 126 valence electrons. The van der Waals surface area contributed by atoms with Crippen molar-refractivity contribution in [3.63, 3.8) is 0 Å². The van der Waals surface area contributed by atoms with Crippen LogP contribution >= 0.6 is 0 Å². The highest BCUT2D eigenvalue weighted by Gasteiger charge is 2.38. The van der Waals surface area contributed by atoms with Gasteiger partial charge in [-0.15, -0.1) is 0 Å². The van der Waals surface area contributed by atoms with Crippen LogP contribution in [0.5, 0.6) is 0 Å². The Hall–Kier alpha value is -1.44. The number of nitrogens with zero attached hydrogens (tertiary/aromatic N) is 1. The summed E-state index contributed by atoms with van der Waals surface area (Å²) in [5.74, 6) is -0.200. The lowest BCUT2D eigenvalue weighted by molar-refractivity contribution is -0.119. The van der Waals surface area contributed by atoms with Gasteiger partial charge in [-0.1, -0.05) is 0 Å². The maximum Gasteiger partial charge on any atom is 0.240 e. The average molecular weight is 338 g/mol. The van der Waals surface area contributed by atoms with Crippen LogP contribution < -0.4 is 9.62 Å². The van der Waals surface area contributed by atoms with E-state index in [2.05, 4.69) is 4.72 Å². The molecule has 0 radical (unpaired) electrons. The quantitative estimate of drug-likeness (QED) is 0.796. The highest BCUT2D eigenvalue weighted by Crippen LogP contribution is 2.43. The number of rotatable bonds is 6. The number of carbonyl (C=O) groups excluding carboxylic acids is 1. The monoisotopic (exact) mass is 338 g/mol. The van der Waals surface area contributed by atoms with E-state index in [1.165, 1.54) is 0 Å². The van der Waals surface area contributed by atoms with E-state index in [0.717, 1.165) is 36.2 Å². The van der Waals surface area contributed by atoms with Crippen LogP contribution in [0.2, 0.25) is 0 Å². The lowest BCUT2D eigenvalue weighted by Crippen LogP contribution is -2.32. The summed E-state index contributed by atoms with van der Waals surface area (Å²) < 4.78 is 32.5. The van der Waals surface area contributed by atoms with Gasteiger partial charge in [-0.25, -0.2) is 13.1 Å². The van der Waals surface area contributed by atoms with Crippen LogP contribution in [-0.2, 0) is 26.0 Å². The summed E-state index contributed by atoms with van der Waals surface area (Å²) >= 11 is 0. The number of anilines is 1. The first-order valence-electron chi connectivity index (χ1n) is 7.92. The molecule has 0 fully saturated rings. The number of carbonyl (C=O) groups is 1. The number of sulfonamides is 1. The molecule has 1 atom stereocenters. The smallest absolute Gasteiger partial charge is 0.240 e. The highest BCUT2D eigenvalue weighted by molar-refractivity contribution is 7.89. The van der Waals surface area contributed by atoms with Crippen molar-refractivity contribution in [2.24, 2.45) is 0 Å². The zero-order valence-corrected chi connectivity index (χ0v) is 14.3. The van der Waals surface area contributed by atoms with Gasteiger partial charge in [-0.3, -0.25) is 4.79 Å². The topological polar surface area (TPSA) is 75.7 Å². The van der Waals surface area contributed by atoms with E-state index in [1.807, 2.05) is 6.92 Å². The predicted molar refractivity (Wildman–Crippen MR) is 87.2 cm³/mol. The minimum Gasteiger partial charge on any atom is -0.385 e. The lowest BCUT2D eigenvalue weighted by atomic mass is 9.97. The van der Waals surface area contributed by atoms with Crippen molar-refractivity contribution >= 4 is 21.6 Å². The summed E-state index contributed by atoms with van der Waals surface area (Å²) in [6, 6.07) is 3.38. The lowest BCUT2D eigenvalue weighted by Gasteiger charge is -2.26. The van der Waals surface area contributed by atoms with Gasteiger partial charge in [0.2, 0.25) is 15.9 Å². The van der Waals surface area contributed by atoms with Gasteiger partial charge in [0.1, 0.15) is 0 Å². The SMILES string of the molecule is COCCCNS(=O)(=O)c1cc2c3c(c1)[C@H](C)C(=O)N3CCC2. The Morgan fingerprint density at radius 1 is 1.39 bits per heavy atom. The van der Waals surface area contributed by atoms with Crippen molar-refractivity contribution in [3.05, 3.63) is 23.3 Å². The third-order valence-electron chi connectivity index (χ3n) is 4.52. The maximum atomic E-state index is 12.5. The van der Waals surface area contributed by atoms with E-state index in [-0.39, 0.29) is 16.7 Å². The van der Waals surface area contributed by atoms with Crippen LogP contribution in [0.3, 0.4) is 0 Å². The first kappa shape index (κ1) is 16.4. The molecule has 0 bridgehead atoms. The largest absolute Gasteiger partial charge is 0.385 e. The summed E-state index contributed by atoms with van der Waals surface area (Å²) in [7, 11) is -1.98. The van der Waals surface area contributed by atoms with Crippen molar-refractivity contribution in [1.29, 1.82) is 0 Å². The zero-order valence-electron chi connectivity index (χ0n) is 13.5. The summed E-state index contributed by atoms with van der Waals surface area (Å²) in [5, 5.41) is 0. The van der Waals surface area contributed by atoms with E-state index in [1.54, 1.807) is 24.1 Å². The third kappa shape index (κ3) is 2.88. The maximum absolute atomic E-state index is 12.5. The van der Waals surface area contributed by atoms with Crippen molar-refractivity contribution < 1.29 is 17.9 Å². The number of hydrogen-bond donors (Lipinski definition) is 1. The fourth-order valence-corrected chi connectivity index (χ4v) is 4.49. The Bertz CT molecular complexity index is 730. The van der Waals surface area contributed by atoms with Gasteiger partial charge in [0.05, 0.1) is 16.5 Å². The molecule has 1 aromatic rings. The second kappa shape index (κ2) is 6.22. The molecule has 23 heavy (non-hydrogen) atoms. The number of methoxy groups -OCH3 is 1. The summed E-state index contributed by atoms with van der Waals surface area (Å²) in [6.07, 6.45) is 2.30. The third-order valence-corrected chi connectivity index (χ3v) is 5.96. The van der Waals surface area contributed by atoms with E-state index in [0.29, 0.717) is 19.6 Å². The van der Waals surface area contributed by atoms with E-state index in [4.69, 9.17) is 4.74 Å². The number of ether oxygens (including phenoxy) is 1. The molecule has 0 saturated carbocycles. The number of benzene rings is 1. The summed E-state index contributed by atoms with van der Waals surface area (Å²) in [6.45, 7) is 3.42. The summed E-state index contributed by atoms with van der Waals surface area (Å²) in [4.78, 5) is 14.4. The van der Waals surface area contributed by atoms with Gasteiger partial charge in [-0.2, -0.15) is 0 Å². The molecular weight excluding hydrogens is 316 g/mol. The number of nitrogens with one attached hydrogen (secondary N) is 1. The molecule has 3 rings (SSSR count). The summed E-state index contributed by atoms with van der Waals surface area (Å²) in [5.41, 5.74) is 2.74. The van der Waals surface area contributed by atoms with Crippen LogP contribution in [0.25, 0.3) is 0 Å². The van der Waals surface area contributed by atoms with Crippen LogP contribution in [0.1, 0.15) is 36.8 Å². The fourth-order valence-electron chi connectivity index (χ4n) is 3.33. The van der Waals surface area contributed by atoms with Gasteiger partial charge >= 0.3 is 0 Å². The Kier molecular flexibility index (Phi) is 4.44. The normalized spacial score (nSPS) is 20.0. The molecule has 1 amide bonds. The fraction of sp³-hybridized carbons (Fsp3) is 0.562. The van der Waals surface area contributed by atoms with Gasteiger partial charge in [-0.05, 0) is 49.4 Å². The van der Waals surface area contributed by atoms with Crippen molar-refractivity contribution in [3.8, 4) is 0 Å². The molecule has 1 aromatic carbocycles. The van der Waals surface area contributed by atoms with E-state index >= 15 is 0 Å². The molecule has 1 N–H and O–H groups in total. The van der Waals surface area contributed by atoms with Gasteiger partial charge in [0, 0.05) is 26.8 Å². The second-order valence-electron chi connectivity index (χ2n) is 6.08. The first-order chi connectivity index (χ1) is 11.0. The molecule has 0 aromatic heterocycles. The first-order valence-corrected chi connectivity index (χ1v) is 9.41. The molecule has 2 aliphatic heterocycles. The molecule has 2 aliphatic rings. The van der Waals surface area contributed by atoms with E-state index < -0.39 is 10.0 Å². The zero-order chi connectivity index (χ0) is 16.6. The Morgan fingerprint density at radius 2 is 2.17 bits per heavy atom. The Balaban J connectivity index is 1.93. The second-order valence-corrected chi connectivity index (χ2v) is 7.85. The Labute approximate surface area is 136 Å². The molecular formula is C16H22N2O4S. The van der Waals surface area contributed by atoms with E-state index in [9.17, 15) is 13.2 Å². The molecule has 0 unspecified atom stereocenters. The minimum atomic E-state index is -3.56. The van der Waals surface area contributed by atoms with Gasteiger partial charge in [0.15, 0.2) is 0 Å². The van der Waals surface area contributed by atoms with Crippen LogP contribution in [-0.4, -0.2) is 41.1 Å². The standard InChI is InChI=1S/C16H22N2O4S/c1-11-14-10-13(23(20,21)17-6-4-8-22-2)9-12-5-3-7-18(15(12)14)16(11)19/h9-11,17H,3-8H2,1-2H3/t11-/m0/s1.